The summed E-state index contributed by atoms with van der Waals surface area (Å²) in [4.78, 5) is 0. The van der Waals surface area contributed by atoms with Gasteiger partial charge in [0, 0.05) is 13.1 Å². The normalized spacial score (nSPS) is 10.3. The smallest absolute Gasteiger partial charge is 0.0863 e. The maximum absolute atomic E-state index is 6.21. The van der Waals surface area contributed by atoms with Crippen molar-refractivity contribution in [2.75, 3.05) is 6.54 Å². The molecule has 0 amide bonds. The quantitative estimate of drug-likeness (QED) is 0.612. The van der Waals surface area contributed by atoms with E-state index in [9.17, 15) is 0 Å². The van der Waals surface area contributed by atoms with Gasteiger partial charge in [-0.25, -0.2) is 0 Å². The van der Waals surface area contributed by atoms with E-state index in [0.29, 0.717) is 13.1 Å². The van der Waals surface area contributed by atoms with Gasteiger partial charge in [0.1, 0.15) is 0 Å². The van der Waals surface area contributed by atoms with Crippen LogP contribution in [0.5, 0.6) is 0 Å². The molecule has 0 spiro atoms. The van der Waals surface area contributed by atoms with Crippen molar-refractivity contribution in [3.8, 4) is 12.3 Å². The Hall–Kier alpha value is -0.980. The van der Waals surface area contributed by atoms with Crippen LogP contribution < -0.4 is 5.32 Å². The molecule has 0 bridgehead atoms. The fraction of sp³-hybridized carbons (Fsp3) is 0.545. The highest BCUT2D eigenvalue weighted by atomic mass is 35.5. The zero-order valence-corrected chi connectivity index (χ0v) is 9.93. The topological polar surface area (TPSA) is 29.9 Å². The van der Waals surface area contributed by atoms with Crippen molar-refractivity contribution in [3.63, 3.8) is 0 Å². The van der Waals surface area contributed by atoms with E-state index in [0.717, 1.165) is 29.4 Å². The van der Waals surface area contributed by atoms with Gasteiger partial charge in [0.2, 0.25) is 0 Å². The first-order valence-electron chi connectivity index (χ1n) is 5.12. The second kappa shape index (κ2) is 5.79. The minimum Gasteiger partial charge on any atom is -0.300 e. The molecule has 0 radical (unpaired) electrons. The number of hydrogen-bond acceptors (Lipinski definition) is 2. The molecule has 82 valence electrons. The number of aromatic nitrogens is 2. The second-order valence-electron chi connectivity index (χ2n) is 3.18. The van der Waals surface area contributed by atoms with Gasteiger partial charge in [-0.3, -0.25) is 4.68 Å². The van der Waals surface area contributed by atoms with Crippen LogP contribution in [0.4, 0.5) is 0 Å². The molecule has 0 aliphatic heterocycles. The van der Waals surface area contributed by atoms with Gasteiger partial charge in [-0.1, -0.05) is 24.4 Å². The Morgan fingerprint density at radius 1 is 1.53 bits per heavy atom. The fourth-order valence-corrected chi connectivity index (χ4v) is 1.78. The molecule has 0 saturated heterocycles. The van der Waals surface area contributed by atoms with Crippen LogP contribution >= 0.6 is 11.6 Å². The third kappa shape index (κ3) is 2.74. The molecular formula is C11H16ClN3. The first-order chi connectivity index (χ1) is 7.24. The van der Waals surface area contributed by atoms with Crippen molar-refractivity contribution in [3.05, 3.63) is 16.4 Å². The summed E-state index contributed by atoms with van der Waals surface area (Å²) < 4.78 is 1.92. The molecule has 1 rings (SSSR count). The zero-order chi connectivity index (χ0) is 11.3. The van der Waals surface area contributed by atoms with Gasteiger partial charge in [-0.15, -0.1) is 6.42 Å². The largest absolute Gasteiger partial charge is 0.300 e. The van der Waals surface area contributed by atoms with Gasteiger partial charge >= 0.3 is 0 Å². The molecule has 0 aliphatic rings. The molecule has 1 heterocycles. The third-order valence-corrected chi connectivity index (χ3v) is 2.65. The number of halogens is 1. The number of terminal acetylenes is 1. The second-order valence-corrected chi connectivity index (χ2v) is 3.56. The van der Waals surface area contributed by atoms with Crippen LogP contribution in [-0.4, -0.2) is 16.3 Å². The molecule has 0 unspecified atom stereocenters. The van der Waals surface area contributed by atoms with E-state index in [-0.39, 0.29) is 0 Å². The summed E-state index contributed by atoms with van der Waals surface area (Å²) in [5.41, 5.74) is 1.97. The van der Waals surface area contributed by atoms with Crippen molar-refractivity contribution >= 4 is 11.6 Å². The molecule has 1 aromatic rings. The van der Waals surface area contributed by atoms with Crippen molar-refractivity contribution < 1.29 is 0 Å². The molecule has 0 aromatic carbocycles. The highest BCUT2D eigenvalue weighted by Crippen LogP contribution is 2.21. The van der Waals surface area contributed by atoms with E-state index in [1.807, 2.05) is 18.5 Å². The molecule has 1 N–H and O–H groups in total. The SMILES string of the molecule is C#CCNCc1c(Cl)c(CC)nn1CC. The number of aryl methyl sites for hydroxylation is 2. The summed E-state index contributed by atoms with van der Waals surface area (Å²) in [6.07, 6.45) is 6.02. The van der Waals surface area contributed by atoms with Crippen molar-refractivity contribution in [1.29, 1.82) is 0 Å². The van der Waals surface area contributed by atoms with Crippen molar-refractivity contribution in [2.24, 2.45) is 0 Å². The van der Waals surface area contributed by atoms with E-state index in [1.54, 1.807) is 0 Å². The lowest BCUT2D eigenvalue weighted by Crippen LogP contribution is -2.16. The Bertz CT molecular complexity index is 363. The van der Waals surface area contributed by atoms with Gasteiger partial charge in [0.25, 0.3) is 0 Å². The number of rotatable bonds is 5. The van der Waals surface area contributed by atoms with Crippen LogP contribution in [0.2, 0.25) is 5.02 Å². The van der Waals surface area contributed by atoms with Crippen LogP contribution in [0.25, 0.3) is 0 Å². The van der Waals surface area contributed by atoms with Crippen LogP contribution in [0, 0.1) is 12.3 Å². The van der Waals surface area contributed by atoms with Gasteiger partial charge in [-0.05, 0) is 13.3 Å². The van der Waals surface area contributed by atoms with Crippen molar-refractivity contribution in [2.45, 2.75) is 33.4 Å². The lowest BCUT2D eigenvalue weighted by molar-refractivity contribution is 0.591. The average molecular weight is 226 g/mol. The summed E-state index contributed by atoms with van der Waals surface area (Å²) >= 11 is 6.21. The molecular weight excluding hydrogens is 210 g/mol. The fourth-order valence-electron chi connectivity index (χ4n) is 1.44. The zero-order valence-electron chi connectivity index (χ0n) is 9.18. The van der Waals surface area contributed by atoms with Gasteiger partial charge in [0.15, 0.2) is 0 Å². The van der Waals surface area contributed by atoms with Gasteiger partial charge < -0.3 is 5.32 Å². The summed E-state index contributed by atoms with van der Waals surface area (Å²) in [7, 11) is 0. The Labute approximate surface area is 95.8 Å². The maximum Gasteiger partial charge on any atom is 0.0863 e. The number of hydrogen-bond donors (Lipinski definition) is 1. The van der Waals surface area contributed by atoms with E-state index >= 15 is 0 Å². The highest BCUT2D eigenvalue weighted by molar-refractivity contribution is 6.31. The van der Waals surface area contributed by atoms with E-state index in [1.165, 1.54) is 0 Å². The summed E-state index contributed by atoms with van der Waals surface area (Å²) in [5.74, 6) is 2.53. The standard InChI is InChI=1S/C11H16ClN3/c1-4-7-13-8-10-11(12)9(5-2)14-15(10)6-3/h1,13H,5-8H2,2-3H3. The Kier molecular flexibility index (Phi) is 4.67. The molecule has 0 saturated carbocycles. The third-order valence-electron chi connectivity index (χ3n) is 2.21. The van der Waals surface area contributed by atoms with E-state index in [2.05, 4.69) is 16.3 Å². The average Bonchev–Trinajstić information content (AvgIpc) is 2.56. The van der Waals surface area contributed by atoms with Crippen LogP contribution in [-0.2, 0) is 19.5 Å². The predicted octanol–water partition coefficient (Wildman–Crippen LogP) is 1.84. The maximum atomic E-state index is 6.21. The lowest BCUT2D eigenvalue weighted by atomic mass is 10.3. The number of nitrogens with zero attached hydrogens (tertiary/aromatic N) is 2. The first-order valence-corrected chi connectivity index (χ1v) is 5.50. The summed E-state index contributed by atoms with van der Waals surface area (Å²) in [6, 6.07) is 0. The first kappa shape index (κ1) is 12.1. The molecule has 15 heavy (non-hydrogen) atoms. The van der Waals surface area contributed by atoms with Gasteiger partial charge in [-0.2, -0.15) is 5.10 Å². The Balaban J connectivity index is 2.84. The Morgan fingerprint density at radius 2 is 2.27 bits per heavy atom. The Morgan fingerprint density at radius 3 is 2.80 bits per heavy atom. The highest BCUT2D eigenvalue weighted by Gasteiger charge is 2.13. The number of nitrogens with one attached hydrogen (secondary N) is 1. The molecule has 1 aromatic heterocycles. The van der Waals surface area contributed by atoms with Crippen molar-refractivity contribution in [1.82, 2.24) is 15.1 Å². The minimum atomic E-state index is 0.548. The van der Waals surface area contributed by atoms with Gasteiger partial charge in [0.05, 0.1) is 23.0 Å². The minimum absolute atomic E-state index is 0.548. The van der Waals surface area contributed by atoms with Crippen LogP contribution in [0.3, 0.4) is 0 Å². The monoisotopic (exact) mass is 225 g/mol. The van der Waals surface area contributed by atoms with Crippen LogP contribution in [0.15, 0.2) is 0 Å². The molecule has 4 heteroatoms. The van der Waals surface area contributed by atoms with E-state index < -0.39 is 0 Å². The van der Waals surface area contributed by atoms with Crippen LogP contribution in [0.1, 0.15) is 25.2 Å². The molecule has 0 atom stereocenters. The lowest BCUT2D eigenvalue weighted by Gasteiger charge is -2.04. The molecule has 0 fully saturated rings. The predicted molar refractivity (Wildman–Crippen MR) is 62.8 cm³/mol. The molecule has 3 nitrogen and oxygen atoms in total. The summed E-state index contributed by atoms with van der Waals surface area (Å²) in [6.45, 7) is 6.14. The summed E-state index contributed by atoms with van der Waals surface area (Å²) in [5, 5.41) is 8.31. The molecule has 0 aliphatic carbocycles. The van der Waals surface area contributed by atoms with E-state index in [4.69, 9.17) is 18.0 Å².